The number of aromatic nitrogens is 3. The van der Waals surface area contributed by atoms with E-state index in [4.69, 9.17) is 10.1 Å². The molecule has 1 aliphatic carbocycles. The summed E-state index contributed by atoms with van der Waals surface area (Å²) in [6.07, 6.45) is 3.25. The summed E-state index contributed by atoms with van der Waals surface area (Å²) in [5.41, 5.74) is 6.36. The van der Waals surface area contributed by atoms with E-state index < -0.39 is 0 Å². The van der Waals surface area contributed by atoms with Gasteiger partial charge in [0.1, 0.15) is 11.6 Å². The molecule has 1 saturated heterocycles. The van der Waals surface area contributed by atoms with Crippen molar-refractivity contribution < 1.29 is 4.39 Å². The van der Waals surface area contributed by atoms with Gasteiger partial charge < -0.3 is 10.2 Å². The Morgan fingerprint density at radius 3 is 2.62 bits per heavy atom. The molecule has 2 aliphatic rings. The molecule has 0 radical (unpaired) electrons. The predicted octanol–water partition coefficient (Wildman–Crippen LogP) is 2.74. The van der Waals surface area contributed by atoms with Crippen LogP contribution in [-0.2, 0) is 12.8 Å². The van der Waals surface area contributed by atoms with Gasteiger partial charge in [-0.2, -0.15) is 9.61 Å². The van der Waals surface area contributed by atoms with Crippen LogP contribution in [0.15, 0.2) is 24.3 Å². The molecule has 26 heavy (non-hydrogen) atoms. The van der Waals surface area contributed by atoms with E-state index in [-0.39, 0.29) is 5.82 Å². The Balaban J connectivity index is 1.76. The summed E-state index contributed by atoms with van der Waals surface area (Å²) >= 11 is 0. The highest BCUT2D eigenvalue weighted by atomic mass is 19.1. The number of benzene rings is 1. The molecule has 5 nitrogen and oxygen atoms in total. The van der Waals surface area contributed by atoms with Gasteiger partial charge in [0.2, 0.25) is 0 Å². The van der Waals surface area contributed by atoms with E-state index in [1.165, 1.54) is 29.2 Å². The summed E-state index contributed by atoms with van der Waals surface area (Å²) in [7, 11) is 0. The lowest BCUT2D eigenvalue weighted by Gasteiger charge is -2.31. The third kappa shape index (κ3) is 2.40. The summed E-state index contributed by atoms with van der Waals surface area (Å²) in [5.74, 6) is 0.985. The predicted molar refractivity (Wildman–Crippen MR) is 100 cm³/mol. The smallest absolute Gasteiger partial charge is 0.165 e. The van der Waals surface area contributed by atoms with E-state index in [9.17, 15) is 4.39 Å². The van der Waals surface area contributed by atoms with Crippen molar-refractivity contribution in [3.8, 4) is 11.1 Å². The molecule has 2 aromatic heterocycles. The molecule has 0 amide bonds. The first kappa shape index (κ1) is 15.8. The molecule has 1 aromatic carbocycles. The lowest BCUT2D eigenvalue weighted by Crippen LogP contribution is -2.44. The van der Waals surface area contributed by atoms with Crippen molar-refractivity contribution in [1.29, 1.82) is 0 Å². The van der Waals surface area contributed by atoms with E-state index >= 15 is 0 Å². The average molecular weight is 351 g/mol. The Labute approximate surface area is 151 Å². The molecule has 0 unspecified atom stereocenters. The standard InChI is InChI=1S/C20H22FN5/c1-13-18(14-5-7-15(21)8-6-14)19-23-17-4-2-3-16(17)20(26(19)24-13)25-11-9-22-10-12-25/h5-8,22H,2-4,9-12H2,1H3. The number of hydrogen-bond acceptors (Lipinski definition) is 4. The van der Waals surface area contributed by atoms with E-state index in [0.717, 1.165) is 67.9 Å². The first-order valence-corrected chi connectivity index (χ1v) is 9.35. The third-order valence-corrected chi connectivity index (χ3v) is 5.49. The fraction of sp³-hybridized carbons (Fsp3) is 0.400. The molecule has 0 spiro atoms. The fourth-order valence-electron chi connectivity index (χ4n) is 4.27. The van der Waals surface area contributed by atoms with Gasteiger partial charge in [0.05, 0.1) is 5.69 Å². The van der Waals surface area contributed by atoms with Crippen molar-refractivity contribution >= 4 is 11.5 Å². The van der Waals surface area contributed by atoms with Crippen LogP contribution in [0.5, 0.6) is 0 Å². The molecule has 3 aromatic rings. The van der Waals surface area contributed by atoms with Crippen molar-refractivity contribution in [2.45, 2.75) is 26.2 Å². The molecule has 1 aliphatic heterocycles. The Bertz CT molecular complexity index is 970. The van der Waals surface area contributed by atoms with Gasteiger partial charge in [0, 0.05) is 43.0 Å². The minimum atomic E-state index is -0.224. The van der Waals surface area contributed by atoms with Crippen LogP contribution in [-0.4, -0.2) is 40.8 Å². The molecule has 0 saturated carbocycles. The van der Waals surface area contributed by atoms with Crippen molar-refractivity contribution in [3.63, 3.8) is 0 Å². The number of halogens is 1. The van der Waals surface area contributed by atoms with Crippen molar-refractivity contribution in [3.05, 3.63) is 47.0 Å². The van der Waals surface area contributed by atoms with Crippen LogP contribution >= 0.6 is 0 Å². The van der Waals surface area contributed by atoms with E-state index in [0.29, 0.717) is 0 Å². The lowest BCUT2D eigenvalue weighted by molar-refractivity contribution is 0.577. The van der Waals surface area contributed by atoms with E-state index in [1.54, 1.807) is 0 Å². The van der Waals surface area contributed by atoms with Crippen LogP contribution in [0, 0.1) is 12.7 Å². The summed E-state index contributed by atoms with van der Waals surface area (Å²) in [5, 5.41) is 8.29. The molecule has 6 heteroatoms. The molecular formula is C20H22FN5. The van der Waals surface area contributed by atoms with Gasteiger partial charge in [0.15, 0.2) is 5.65 Å². The van der Waals surface area contributed by atoms with Gasteiger partial charge in [-0.15, -0.1) is 0 Å². The molecule has 1 fully saturated rings. The SMILES string of the molecule is Cc1nn2c(N3CCNCC3)c3c(nc2c1-c1ccc(F)cc1)CCC3. The fourth-order valence-corrected chi connectivity index (χ4v) is 4.27. The van der Waals surface area contributed by atoms with Crippen LogP contribution < -0.4 is 10.2 Å². The second kappa shape index (κ2) is 6.06. The van der Waals surface area contributed by atoms with Gasteiger partial charge in [-0.1, -0.05) is 12.1 Å². The molecule has 0 atom stereocenters. The van der Waals surface area contributed by atoms with Gasteiger partial charge >= 0.3 is 0 Å². The second-order valence-electron chi connectivity index (χ2n) is 7.15. The highest BCUT2D eigenvalue weighted by Crippen LogP contribution is 2.36. The van der Waals surface area contributed by atoms with Gasteiger partial charge in [-0.25, -0.2) is 9.37 Å². The number of anilines is 1. The molecule has 1 N–H and O–H groups in total. The highest BCUT2D eigenvalue weighted by Gasteiger charge is 2.27. The summed E-state index contributed by atoms with van der Waals surface area (Å²) < 4.78 is 15.4. The monoisotopic (exact) mass is 351 g/mol. The average Bonchev–Trinajstić information content (AvgIpc) is 3.24. The van der Waals surface area contributed by atoms with E-state index in [2.05, 4.69) is 10.2 Å². The number of rotatable bonds is 2. The third-order valence-electron chi connectivity index (χ3n) is 5.49. The van der Waals surface area contributed by atoms with Crippen LogP contribution in [0.4, 0.5) is 10.2 Å². The minimum absolute atomic E-state index is 0.224. The second-order valence-corrected chi connectivity index (χ2v) is 7.15. The molecule has 134 valence electrons. The summed E-state index contributed by atoms with van der Waals surface area (Å²) in [6, 6.07) is 6.64. The largest absolute Gasteiger partial charge is 0.354 e. The zero-order valence-electron chi connectivity index (χ0n) is 14.9. The number of nitrogens with zero attached hydrogens (tertiary/aromatic N) is 4. The quantitative estimate of drug-likeness (QED) is 0.771. The molecule has 0 bridgehead atoms. The Kier molecular flexibility index (Phi) is 3.67. The zero-order valence-corrected chi connectivity index (χ0v) is 14.9. The normalized spacial score (nSPS) is 17.1. The first-order chi connectivity index (χ1) is 12.7. The van der Waals surface area contributed by atoms with Gasteiger partial charge in [-0.05, 0) is 43.9 Å². The Morgan fingerprint density at radius 2 is 1.85 bits per heavy atom. The maximum atomic E-state index is 13.4. The molecule has 3 heterocycles. The van der Waals surface area contributed by atoms with Crippen LogP contribution in [0.25, 0.3) is 16.8 Å². The molecular weight excluding hydrogens is 329 g/mol. The van der Waals surface area contributed by atoms with Crippen LogP contribution in [0.2, 0.25) is 0 Å². The Hall–Kier alpha value is -2.47. The van der Waals surface area contributed by atoms with Crippen molar-refractivity contribution in [2.24, 2.45) is 0 Å². The summed E-state index contributed by atoms with van der Waals surface area (Å²) in [6.45, 7) is 5.96. The van der Waals surface area contributed by atoms with Crippen LogP contribution in [0.3, 0.4) is 0 Å². The van der Waals surface area contributed by atoms with E-state index in [1.807, 2.05) is 23.6 Å². The number of piperazine rings is 1. The highest BCUT2D eigenvalue weighted by molar-refractivity contribution is 5.81. The minimum Gasteiger partial charge on any atom is -0.354 e. The number of nitrogens with one attached hydrogen (secondary N) is 1. The van der Waals surface area contributed by atoms with Gasteiger partial charge in [-0.3, -0.25) is 0 Å². The first-order valence-electron chi connectivity index (χ1n) is 9.35. The Morgan fingerprint density at radius 1 is 1.08 bits per heavy atom. The zero-order chi connectivity index (χ0) is 17.7. The lowest BCUT2D eigenvalue weighted by atomic mass is 10.1. The number of hydrogen-bond donors (Lipinski definition) is 1. The van der Waals surface area contributed by atoms with Crippen LogP contribution in [0.1, 0.15) is 23.4 Å². The van der Waals surface area contributed by atoms with Gasteiger partial charge in [0.25, 0.3) is 0 Å². The number of aryl methyl sites for hydroxylation is 2. The van der Waals surface area contributed by atoms with Crippen molar-refractivity contribution in [1.82, 2.24) is 19.9 Å². The molecule has 5 rings (SSSR count). The number of fused-ring (bicyclic) bond motifs is 2. The maximum Gasteiger partial charge on any atom is 0.165 e. The maximum absolute atomic E-state index is 13.4. The van der Waals surface area contributed by atoms with Crippen molar-refractivity contribution in [2.75, 3.05) is 31.1 Å². The topological polar surface area (TPSA) is 45.5 Å². The summed E-state index contributed by atoms with van der Waals surface area (Å²) in [4.78, 5) is 7.44.